The van der Waals surface area contributed by atoms with E-state index in [9.17, 15) is 20.1 Å². The third-order valence-electron chi connectivity index (χ3n) is 6.64. The third-order valence-corrected chi connectivity index (χ3v) is 6.64. The smallest absolute Gasteiger partial charge is 0.220 e. The molecule has 1 amide bonds. The Bertz CT molecular complexity index is 390. The Morgan fingerprint density at radius 3 is 1.34 bits per heavy atom. The van der Waals surface area contributed by atoms with Gasteiger partial charge in [0, 0.05) is 6.42 Å². The molecule has 0 spiro atoms. The molecule has 0 heterocycles. The van der Waals surface area contributed by atoms with Crippen LogP contribution in [0.25, 0.3) is 0 Å². The minimum atomic E-state index is 0.00702. The molecule has 6 heteroatoms. The van der Waals surface area contributed by atoms with E-state index in [1.54, 1.807) is 0 Å². The van der Waals surface area contributed by atoms with Crippen molar-refractivity contribution in [2.45, 2.75) is 110 Å². The topological polar surface area (TPSA) is 89.8 Å². The fourth-order valence-corrected chi connectivity index (χ4v) is 4.48. The molecule has 4 N–H and O–H groups in total. The SMILES string of the molecule is CCCCCCCCCCCCCCCCCC(=O)NCC[N+](CCO)(CCO)CCO. The van der Waals surface area contributed by atoms with Crippen molar-refractivity contribution in [3.8, 4) is 0 Å². The standard InChI is InChI=1S/C26H54N2O4/c1-2-3-4-5-6-7-8-9-10-11-12-13-14-15-16-17-26(32)27-18-19-28(20-23-29,21-24-30)22-25-31/h29-31H,2-25H2,1H3/p+1. The zero-order chi connectivity index (χ0) is 23.8. The third kappa shape index (κ3) is 18.8. The average molecular weight is 460 g/mol. The van der Waals surface area contributed by atoms with Crippen molar-refractivity contribution >= 4 is 5.91 Å². The van der Waals surface area contributed by atoms with Gasteiger partial charge in [-0.25, -0.2) is 0 Å². The molecular weight excluding hydrogens is 404 g/mol. The van der Waals surface area contributed by atoms with Gasteiger partial charge in [0.2, 0.25) is 5.91 Å². The molecule has 0 rings (SSSR count). The molecule has 0 aromatic heterocycles. The van der Waals surface area contributed by atoms with Crippen LogP contribution in [0.3, 0.4) is 0 Å². The van der Waals surface area contributed by atoms with Crippen LogP contribution in [-0.2, 0) is 4.79 Å². The monoisotopic (exact) mass is 459 g/mol. The number of hydrogen-bond acceptors (Lipinski definition) is 4. The highest BCUT2D eigenvalue weighted by molar-refractivity contribution is 5.75. The lowest BCUT2D eigenvalue weighted by molar-refractivity contribution is -0.927. The highest BCUT2D eigenvalue weighted by atomic mass is 16.3. The lowest BCUT2D eigenvalue weighted by atomic mass is 10.0. The molecule has 0 saturated heterocycles. The van der Waals surface area contributed by atoms with E-state index in [1.807, 2.05) is 0 Å². The molecule has 192 valence electrons. The summed E-state index contributed by atoms with van der Waals surface area (Å²) in [5.41, 5.74) is 0. The van der Waals surface area contributed by atoms with Crippen molar-refractivity contribution in [2.75, 3.05) is 52.5 Å². The van der Waals surface area contributed by atoms with E-state index in [1.165, 1.54) is 83.5 Å². The van der Waals surface area contributed by atoms with Crippen LogP contribution in [0.2, 0.25) is 0 Å². The van der Waals surface area contributed by atoms with Crippen LogP contribution in [0.15, 0.2) is 0 Å². The number of nitrogens with zero attached hydrogens (tertiary/aromatic N) is 1. The van der Waals surface area contributed by atoms with Crippen LogP contribution in [0, 0.1) is 0 Å². The van der Waals surface area contributed by atoms with Crippen molar-refractivity contribution < 1.29 is 24.6 Å². The van der Waals surface area contributed by atoms with E-state index in [0.29, 0.717) is 43.6 Å². The fraction of sp³-hybridized carbons (Fsp3) is 0.962. The number of hydrogen-bond donors (Lipinski definition) is 4. The first kappa shape index (κ1) is 31.3. The van der Waals surface area contributed by atoms with Crippen molar-refractivity contribution in [2.24, 2.45) is 0 Å². The van der Waals surface area contributed by atoms with Gasteiger partial charge in [-0.05, 0) is 6.42 Å². The van der Waals surface area contributed by atoms with Gasteiger partial charge in [-0.1, -0.05) is 96.8 Å². The maximum absolute atomic E-state index is 12.1. The summed E-state index contributed by atoms with van der Waals surface area (Å²) >= 11 is 0. The van der Waals surface area contributed by atoms with Gasteiger partial charge in [-0.2, -0.15) is 0 Å². The Labute approximate surface area is 198 Å². The summed E-state index contributed by atoms with van der Waals surface area (Å²) in [7, 11) is 0. The van der Waals surface area contributed by atoms with Gasteiger partial charge >= 0.3 is 0 Å². The molecule has 6 nitrogen and oxygen atoms in total. The number of carbonyl (C=O) groups is 1. The van der Waals surface area contributed by atoms with Gasteiger partial charge in [-0.15, -0.1) is 0 Å². The van der Waals surface area contributed by atoms with Crippen LogP contribution < -0.4 is 5.32 Å². The van der Waals surface area contributed by atoms with Crippen molar-refractivity contribution in [3.05, 3.63) is 0 Å². The van der Waals surface area contributed by atoms with Crippen LogP contribution in [0.4, 0.5) is 0 Å². The number of unbranched alkanes of at least 4 members (excludes halogenated alkanes) is 14. The Morgan fingerprint density at radius 2 is 0.969 bits per heavy atom. The summed E-state index contributed by atoms with van der Waals surface area (Å²) in [6, 6.07) is 0. The maximum Gasteiger partial charge on any atom is 0.220 e. The molecule has 0 unspecified atom stereocenters. The second-order valence-electron chi connectivity index (χ2n) is 9.46. The van der Waals surface area contributed by atoms with Gasteiger partial charge in [0.1, 0.15) is 19.6 Å². The second kappa shape index (κ2) is 23.5. The minimum Gasteiger partial charge on any atom is -0.391 e. The van der Waals surface area contributed by atoms with Crippen LogP contribution in [0.5, 0.6) is 0 Å². The van der Waals surface area contributed by atoms with Gasteiger partial charge < -0.3 is 25.1 Å². The molecule has 0 aromatic rings. The first-order valence-electron chi connectivity index (χ1n) is 13.6. The quantitative estimate of drug-likeness (QED) is 0.122. The second-order valence-corrected chi connectivity index (χ2v) is 9.46. The summed E-state index contributed by atoms with van der Waals surface area (Å²) in [5, 5.41) is 30.9. The number of aliphatic hydroxyl groups is 3. The Hall–Kier alpha value is -0.690. The molecular formula is C26H55N2O4+. The van der Waals surface area contributed by atoms with Crippen molar-refractivity contribution in [1.82, 2.24) is 5.32 Å². The number of carbonyl (C=O) groups excluding carboxylic acids is 1. The Balaban J connectivity index is 3.56. The van der Waals surface area contributed by atoms with E-state index < -0.39 is 0 Å². The van der Waals surface area contributed by atoms with Crippen molar-refractivity contribution in [1.29, 1.82) is 0 Å². The highest BCUT2D eigenvalue weighted by Gasteiger charge is 2.25. The molecule has 0 atom stereocenters. The largest absolute Gasteiger partial charge is 0.391 e. The molecule has 0 fully saturated rings. The molecule has 0 bridgehead atoms. The van der Waals surface area contributed by atoms with E-state index in [-0.39, 0.29) is 25.7 Å². The fourth-order valence-electron chi connectivity index (χ4n) is 4.48. The zero-order valence-corrected chi connectivity index (χ0v) is 21.2. The Kier molecular flexibility index (Phi) is 23.0. The summed E-state index contributed by atoms with van der Waals surface area (Å²) in [5.74, 6) is 0.0785. The molecule has 0 radical (unpaired) electrons. The van der Waals surface area contributed by atoms with Gasteiger partial charge in [0.15, 0.2) is 0 Å². The van der Waals surface area contributed by atoms with Crippen molar-refractivity contribution in [3.63, 3.8) is 0 Å². The van der Waals surface area contributed by atoms with E-state index in [2.05, 4.69) is 12.2 Å². The van der Waals surface area contributed by atoms with E-state index >= 15 is 0 Å². The lowest BCUT2D eigenvalue weighted by Gasteiger charge is -2.37. The highest BCUT2D eigenvalue weighted by Crippen LogP contribution is 2.13. The first-order valence-corrected chi connectivity index (χ1v) is 13.6. The number of amides is 1. The zero-order valence-electron chi connectivity index (χ0n) is 21.2. The summed E-state index contributed by atoms with van der Waals surface area (Å²) < 4.78 is 0.433. The minimum absolute atomic E-state index is 0.00702. The van der Waals surface area contributed by atoms with Gasteiger partial charge in [0.05, 0.1) is 32.9 Å². The number of rotatable bonds is 25. The molecule has 0 aliphatic carbocycles. The van der Waals surface area contributed by atoms with Crippen LogP contribution in [-0.4, -0.2) is 78.3 Å². The molecule has 0 aliphatic heterocycles. The molecule has 0 aliphatic rings. The normalized spacial score (nSPS) is 11.8. The van der Waals surface area contributed by atoms with Crippen LogP contribution >= 0.6 is 0 Å². The summed E-state index contributed by atoms with van der Waals surface area (Å²) in [4.78, 5) is 12.1. The predicted molar refractivity (Wildman–Crippen MR) is 134 cm³/mol. The summed E-state index contributed by atoms with van der Waals surface area (Å²) in [6.45, 7) is 4.87. The number of nitrogens with one attached hydrogen (secondary N) is 1. The first-order chi connectivity index (χ1) is 15.6. The number of aliphatic hydroxyl groups excluding tert-OH is 3. The molecule has 0 aromatic carbocycles. The average Bonchev–Trinajstić information content (AvgIpc) is 2.77. The van der Waals surface area contributed by atoms with Crippen LogP contribution in [0.1, 0.15) is 110 Å². The maximum atomic E-state index is 12.1. The molecule has 0 saturated carbocycles. The van der Waals surface area contributed by atoms with Gasteiger partial charge in [-0.3, -0.25) is 4.79 Å². The Morgan fingerprint density at radius 1 is 0.594 bits per heavy atom. The van der Waals surface area contributed by atoms with E-state index in [4.69, 9.17) is 0 Å². The summed E-state index contributed by atoms with van der Waals surface area (Å²) in [6.07, 6.45) is 20.4. The predicted octanol–water partition coefficient (Wildman–Crippen LogP) is 4.16. The lowest BCUT2D eigenvalue weighted by Crippen LogP contribution is -2.56. The molecule has 32 heavy (non-hydrogen) atoms. The van der Waals surface area contributed by atoms with E-state index in [0.717, 1.165) is 12.8 Å². The van der Waals surface area contributed by atoms with Gasteiger partial charge in [0.25, 0.3) is 0 Å². The number of quaternary nitrogens is 1.